The summed E-state index contributed by atoms with van der Waals surface area (Å²) in [6.45, 7) is 6.13. The second-order valence-electron chi connectivity index (χ2n) is 9.14. The van der Waals surface area contributed by atoms with Crippen LogP contribution in [0.15, 0.2) is 11.6 Å². The summed E-state index contributed by atoms with van der Waals surface area (Å²) in [6.07, 6.45) is 6.47. The number of allylic oxidation sites excluding steroid dienone is 1. The molecule has 4 heteroatoms. The van der Waals surface area contributed by atoms with E-state index in [-0.39, 0.29) is 24.4 Å². The van der Waals surface area contributed by atoms with Gasteiger partial charge in [0.05, 0.1) is 12.0 Å². The number of rotatable bonds is 4. The summed E-state index contributed by atoms with van der Waals surface area (Å²) in [5, 5.41) is 20.9. The Morgan fingerprint density at radius 1 is 1.38 bits per heavy atom. The Labute approximate surface area is 143 Å². The molecule has 0 amide bonds. The lowest BCUT2D eigenvalue weighted by molar-refractivity contribution is -0.184. The molecular weight excluding hydrogens is 304 g/mol. The first-order chi connectivity index (χ1) is 11.3. The maximum Gasteiger partial charge on any atom is 0.315 e. The third-order valence-electron chi connectivity index (χ3n) is 8.40. The molecule has 0 radical (unpaired) electrons. The average Bonchev–Trinajstić information content (AvgIpc) is 3.11. The molecule has 24 heavy (non-hydrogen) atoms. The standard InChI is InChI=1S/C20H28O4/c1-11(2)16-6-13-7-19(10-22)15-5-4-12(3)14(15)8-18(13,9-21)20(16,19)17(23)24/h6,10-15,21H,4-5,7-9H2,1-3H3,(H,23,24)/t12-,13?,14-,15?,18+,19+,20?/m1/s1. The number of hydrogen-bond donors (Lipinski definition) is 2. The third kappa shape index (κ3) is 1.35. The van der Waals surface area contributed by atoms with Gasteiger partial charge in [0.25, 0.3) is 0 Å². The van der Waals surface area contributed by atoms with Crippen molar-refractivity contribution in [2.75, 3.05) is 6.61 Å². The topological polar surface area (TPSA) is 74.6 Å². The summed E-state index contributed by atoms with van der Waals surface area (Å²) in [4.78, 5) is 25.3. The Bertz CT molecular complexity index is 638. The predicted molar refractivity (Wildman–Crippen MR) is 89.1 cm³/mol. The number of carbonyl (C=O) groups is 2. The van der Waals surface area contributed by atoms with Crippen molar-refractivity contribution >= 4 is 12.3 Å². The number of carboxylic acids is 1. The fraction of sp³-hybridized carbons (Fsp3) is 0.800. The van der Waals surface area contributed by atoms with Crippen molar-refractivity contribution in [1.29, 1.82) is 0 Å². The molecule has 0 aliphatic heterocycles. The van der Waals surface area contributed by atoms with Crippen molar-refractivity contribution in [3.63, 3.8) is 0 Å². The van der Waals surface area contributed by atoms with Crippen molar-refractivity contribution in [2.24, 2.45) is 45.8 Å². The highest BCUT2D eigenvalue weighted by molar-refractivity contribution is 5.90. The molecule has 0 saturated heterocycles. The highest BCUT2D eigenvalue weighted by Gasteiger charge is 2.84. The van der Waals surface area contributed by atoms with Crippen LogP contribution < -0.4 is 0 Å². The zero-order chi connectivity index (χ0) is 17.5. The van der Waals surface area contributed by atoms with Gasteiger partial charge in [-0.05, 0) is 48.9 Å². The lowest BCUT2D eigenvalue weighted by Crippen LogP contribution is -2.63. The average molecular weight is 332 g/mol. The molecule has 0 heterocycles. The molecule has 2 N–H and O–H groups in total. The van der Waals surface area contributed by atoms with E-state index >= 15 is 0 Å². The van der Waals surface area contributed by atoms with E-state index in [9.17, 15) is 19.8 Å². The Morgan fingerprint density at radius 3 is 2.62 bits per heavy atom. The Hall–Kier alpha value is -1.16. The summed E-state index contributed by atoms with van der Waals surface area (Å²) in [6, 6.07) is 0. The van der Waals surface area contributed by atoms with Crippen molar-refractivity contribution < 1.29 is 19.8 Å². The smallest absolute Gasteiger partial charge is 0.315 e. The van der Waals surface area contributed by atoms with Gasteiger partial charge in [0.2, 0.25) is 0 Å². The van der Waals surface area contributed by atoms with E-state index < -0.39 is 22.2 Å². The molecule has 132 valence electrons. The van der Waals surface area contributed by atoms with Crippen LogP contribution in [0.2, 0.25) is 0 Å². The van der Waals surface area contributed by atoms with Crippen molar-refractivity contribution in [1.82, 2.24) is 0 Å². The first-order valence-electron chi connectivity index (χ1n) is 9.35. The molecule has 4 rings (SSSR count). The second kappa shape index (κ2) is 4.72. The third-order valence-corrected chi connectivity index (χ3v) is 8.40. The van der Waals surface area contributed by atoms with Crippen molar-refractivity contribution in [2.45, 2.75) is 46.5 Å². The molecule has 7 atom stereocenters. The van der Waals surface area contributed by atoms with Crippen LogP contribution in [0.3, 0.4) is 0 Å². The molecule has 4 aliphatic carbocycles. The highest BCUT2D eigenvalue weighted by Crippen LogP contribution is 2.82. The van der Waals surface area contributed by atoms with E-state index in [2.05, 4.69) is 13.0 Å². The number of hydrogen-bond acceptors (Lipinski definition) is 3. The summed E-state index contributed by atoms with van der Waals surface area (Å²) < 4.78 is 0. The number of fused-ring (bicyclic) bond motifs is 2. The van der Waals surface area contributed by atoms with Gasteiger partial charge in [0.15, 0.2) is 0 Å². The van der Waals surface area contributed by atoms with Gasteiger partial charge in [-0.2, -0.15) is 0 Å². The molecule has 0 spiro atoms. The van der Waals surface area contributed by atoms with E-state index in [1.165, 1.54) is 0 Å². The number of aliphatic hydroxyl groups excluding tert-OH is 1. The van der Waals surface area contributed by atoms with Crippen LogP contribution in [0.25, 0.3) is 0 Å². The maximum absolute atomic E-state index is 12.8. The normalized spacial score (nSPS) is 51.6. The van der Waals surface area contributed by atoms with Crippen LogP contribution in [0.4, 0.5) is 0 Å². The lowest BCUT2D eigenvalue weighted by atomic mass is 9.43. The minimum Gasteiger partial charge on any atom is -0.481 e. The molecule has 0 aromatic rings. The molecule has 4 bridgehead atoms. The van der Waals surface area contributed by atoms with Gasteiger partial charge in [-0.1, -0.05) is 38.8 Å². The van der Waals surface area contributed by atoms with Crippen molar-refractivity contribution in [3.05, 3.63) is 11.6 Å². The zero-order valence-corrected chi connectivity index (χ0v) is 14.8. The van der Waals surface area contributed by atoms with E-state index in [0.717, 1.165) is 31.1 Å². The van der Waals surface area contributed by atoms with Gasteiger partial charge < -0.3 is 15.0 Å². The lowest BCUT2D eigenvalue weighted by Gasteiger charge is -2.58. The number of carbonyl (C=O) groups excluding carboxylic acids is 1. The molecule has 4 aliphatic rings. The Balaban J connectivity index is 2.03. The van der Waals surface area contributed by atoms with Gasteiger partial charge in [-0.3, -0.25) is 4.79 Å². The second-order valence-corrected chi connectivity index (χ2v) is 9.14. The molecule has 0 aromatic heterocycles. The fourth-order valence-electron chi connectivity index (χ4n) is 7.66. The Kier molecular flexibility index (Phi) is 3.21. The Morgan fingerprint density at radius 2 is 2.08 bits per heavy atom. The number of aliphatic hydroxyl groups is 1. The van der Waals surface area contributed by atoms with Gasteiger partial charge in [0, 0.05) is 5.41 Å². The van der Waals surface area contributed by atoms with Crippen molar-refractivity contribution in [3.8, 4) is 0 Å². The van der Waals surface area contributed by atoms with E-state index in [1.807, 2.05) is 13.8 Å². The van der Waals surface area contributed by atoms with E-state index in [1.54, 1.807) is 0 Å². The number of carboxylic acid groups (broad SMARTS) is 1. The zero-order valence-electron chi connectivity index (χ0n) is 14.8. The monoisotopic (exact) mass is 332 g/mol. The van der Waals surface area contributed by atoms with Gasteiger partial charge in [-0.15, -0.1) is 0 Å². The predicted octanol–water partition coefficient (Wildman–Crippen LogP) is 2.90. The van der Waals surface area contributed by atoms with Gasteiger partial charge in [0.1, 0.15) is 11.7 Å². The quantitative estimate of drug-likeness (QED) is 0.613. The van der Waals surface area contributed by atoms with Gasteiger partial charge >= 0.3 is 5.97 Å². The van der Waals surface area contributed by atoms with Crippen LogP contribution >= 0.6 is 0 Å². The highest BCUT2D eigenvalue weighted by atomic mass is 16.4. The largest absolute Gasteiger partial charge is 0.481 e. The molecule has 3 unspecified atom stereocenters. The summed E-state index contributed by atoms with van der Waals surface area (Å²) in [5.41, 5.74) is -1.85. The SMILES string of the molecule is CC(C)C1=CC2C[C@]3(C=O)C4CC[C@@H](C)[C@H]4C[C@@]2(CO)C13C(=O)O. The van der Waals surface area contributed by atoms with E-state index in [4.69, 9.17) is 0 Å². The maximum atomic E-state index is 12.8. The van der Waals surface area contributed by atoms with Gasteiger partial charge in [-0.25, -0.2) is 0 Å². The summed E-state index contributed by atoms with van der Waals surface area (Å²) in [5.74, 6) is 0.215. The molecule has 4 nitrogen and oxygen atoms in total. The van der Waals surface area contributed by atoms with Crippen LogP contribution in [0.1, 0.15) is 46.5 Å². The minimum absolute atomic E-state index is 0.0130. The van der Waals surface area contributed by atoms with Crippen LogP contribution in [-0.4, -0.2) is 29.1 Å². The van der Waals surface area contributed by atoms with E-state index in [0.29, 0.717) is 18.3 Å². The minimum atomic E-state index is -1.21. The summed E-state index contributed by atoms with van der Waals surface area (Å²) in [7, 11) is 0. The first-order valence-corrected chi connectivity index (χ1v) is 9.35. The molecule has 0 aromatic carbocycles. The summed E-state index contributed by atoms with van der Waals surface area (Å²) >= 11 is 0. The first kappa shape index (κ1) is 16.3. The van der Waals surface area contributed by atoms with Crippen LogP contribution in [0, 0.1) is 45.8 Å². The molecular formula is C20H28O4. The molecule has 3 fully saturated rings. The van der Waals surface area contributed by atoms with Crippen LogP contribution in [-0.2, 0) is 9.59 Å². The fourth-order valence-corrected chi connectivity index (χ4v) is 7.66. The number of aldehydes is 1. The number of aliphatic carboxylic acids is 1. The molecule has 3 saturated carbocycles. The van der Waals surface area contributed by atoms with Crippen LogP contribution in [0.5, 0.6) is 0 Å².